The number of hydrogen-bond donors (Lipinski definition) is 1. The van der Waals surface area contributed by atoms with Gasteiger partial charge in [-0.3, -0.25) is 0 Å². The van der Waals surface area contributed by atoms with Crippen molar-refractivity contribution in [3.63, 3.8) is 0 Å². The van der Waals surface area contributed by atoms with Gasteiger partial charge in [-0.15, -0.1) is 0 Å². The Kier molecular flexibility index (Phi) is 6.45. The lowest BCUT2D eigenvalue weighted by Crippen LogP contribution is -2.49. The molecule has 2 aromatic rings. The van der Waals surface area contributed by atoms with Crippen molar-refractivity contribution in [1.29, 1.82) is 0 Å². The van der Waals surface area contributed by atoms with E-state index in [0.29, 0.717) is 6.20 Å². The van der Waals surface area contributed by atoms with E-state index in [1.54, 1.807) is 0 Å². The van der Waals surface area contributed by atoms with Gasteiger partial charge >= 0.3 is 6.18 Å². The smallest absolute Gasteiger partial charge is 0.348 e. The first kappa shape index (κ1) is 23.2. The fourth-order valence-electron chi connectivity index (χ4n) is 3.10. The molecule has 1 aliphatic rings. The Labute approximate surface area is 173 Å². The Morgan fingerprint density at radius 3 is 2.58 bits per heavy atom. The fourth-order valence-corrected chi connectivity index (χ4v) is 3.95. The third-order valence-corrected chi connectivity index (χ3v) is 5.88. The second-order valence-corrected chi connectivity index (χ2v) is 8.96. The van der Waals surface area contributed by atoms with Crippen LogP contribution in [0.25, 0.3) is 11.4 Å². The zero-order chi connectivity index (χ0) is 23.0. The summed E-state index contributed by atoms with van der Waals surface area (Å²) in [4.78, 5) is 11.1. The van der Waals surface area contributed by atoms with E-state index in [2.05, 4.69) is 20.3 Å². The number of nitrogens with zero attached hydrogens (tertiary/aromatic N) is 5. The van der Waals surface area contributed by atoms with Crippen LogP contribution in [-0.4, -0.2) is 70.2 Å². The first-order chi connectivity index (χ1) is 14.3. The van der Waals surface area contributed by atoms with E-state index in [9.17, 15) is 34.8 Å². The maximum atomic E-state index is 14.4. The molecule has 0 bridgehead atoms. The molecule has 0 aromatic carbocycles. The van der Waals surface area contributed by atoms with Crippen molar-refractivity contribution >= 4 is 16.0 Å². The predicted molar refractivity (Wildman–Crippen MR) is 97.6 cm³/mol. The van der Waals surface area contributed by atoms with E-state index in [1.165, 1.54) is 0 Å². The zero-order valence-electron chi connectivity index (χ0n) is 16.0. The molecule has 0 radical (unpaired) electrons. The van der Waals surface area contributed by atoms with Gasteiger partial charge < -0.3 is 9.88 Å². The SMILES string of the molecule is CS(=O)(=O)N1CC[C@@H](Nc2ncc(C(F)(F)F)c(-c3cn(CC(F)F)cn3)n2)[C@H](F)C1. The highest BCUT2D eigenvalue weighted by molar-refractivity contribution is 7.88. The average Bonchev–Trinajstić information content (AvgIpc) is 3.09. The molecule has 0 aliphatic carbocycles. The molecule has 0 unspecified atom stereocenters. The lowest BCUT2D eigenvalue weighted by atomic mass is 10.1. The number of hydrogen-bond acceptors (Lipinski definition) is 6. The second kappa shape index (κ2) is 8.61. The monoisotopic (exact) mass is 472 g/mol. The van der Waals surface area contributed by atoms with Gasteiger partial charge in [-0.2, -0.15) is 17.5 Å². The van der Waals surface area contributed by atoms with Crippen molar-refractivity contribution in [1.82, 2.24) is 23.8 Å². The minimum absolute atomic E-state index is 0.0163. The highest BCUT2D eigenvalue weighted by Crippen LogP contribution is 2.35. The van der Waals surface area contributed by atoms with Gasteiger partial charge in [-0.25, -0.2) is 36.5 Å². The third kappa shape index (κ3) is 5.64. The Balaban J connectivity index is 1.86. The number of piperidine rings is 1. The van der Waals surface area contributed by atoms with Crippen LogP contribution in [0.2, 0.25) is 0 Å². The van der Waals surface area contributed by atoms with Gasteiger partial charge in [0.05, 0.1) is 25.2 Å². The van der Waals surface area contributed by atoms with E-state index in [1.807, 2.05) is 0 Å². The number of nitrogens with one attached hydrogen (secondary N) is 1. The number of sulfonamides is 1. The van der Waals surface area contributed by atoms with Crippen molar-refractivity contribution in [2.45, 2.75) is 37.8 Å². The molecule has 0 amide bonds. The first-order valence-corrected chi connectivity index (χ1v) is 10.8. The van der Waals surface area contributed by atoms with Gasteiger partial charge in [0.2, 0.25) is 16.0 Å². The molecule has 15 heteroatoms. The first-order valence-electron chi connectivity index (χ1n) is 8.95. The topological polar surface area (TPSA) is 93.0 Å². The minimum atomic E-state index is -4.84. The summed E-state index contributed by atoms with van der Waals surface area (Å²) in [6.45, 7) is -1.16. The van der Waals surface area contributed by atoms with Crippen molar-refractivity contribution in [3.8, 4) is 11.4 Å². The van der Waals surface area contributed by atoms with Crippen LogP contribution in [0.15, 0.2) is 18.7 Å². The number of rotatable bonds is 6. The molecule has 3 rings (SSSR count). The standard InChI is InChI=1S/C16H18F6N6O2S/c1-31(29,30)28-3-2-11(10(17)5-28)25-15-23-4-9(16(20,21)22)14(26-15)12-6-27(8-24-12)7-13(18)19/h4,6,8,10-11,13H,2-3,5,7H2,1H3,(H,23,25,26)/t10-,11-/m1/s1. The molecule has 0 saturated carbocycles. The number of anilines is 1. The molecule has 2 aromatic heterocycles. The maximum Gasteiger partial charge on any atom is 0.420 e. The molecule has 31 heavy (non-hydrogen) atoms. The van der Waals surface area contributed by atoms with Crippen molar-refractivity contribution in [2.24, 2.45) is 0 Å². The number of imidazole rings is 1. The molecule has 2 atom stereocenters. The molecule has 1 saturated heterocycles. The summed E-state index contributed by atoms with van der Waals surface area (Å²) in [5, 5.41) is 2.59. The molecule has 1 aliphatic heterocycles. The summed E-state index contributed by atoms with van der Waals surface area (Å²) in [7, 11) is -3.58. The lowest BCUT2D eigenvalue weighted by molar-refractivity contribution is -0.137. The van der Waals surface area contributed by atoms with E-state index in [-0.39, 0.29) is 24.6 Å². The Bertz CT molecular complexity index is 1030. The summed E-state index contributed by atoms with van der Waals surface area (Å²) in [5.74, 6) is -0.327. The highest BCUT2D eigenvalue weighted by Gasteiger charge is 2.37. The van der Waals surface area contributed by atoms with Gasteiger partial charge in [-0.05, 0) is 6.42 Å². The molecule has 172 valence electrons. The van der Waals surface area contributed by atoms with Crippen LogP contribution >= 0.6 is 0 Å². The van der Waals surface area contributed by atoms with Crippen LogP contribution in [0.3, 0.4) is 0 Å². The average molecular weight is 472 g/mol. The van der Waals surface area contributed by atoms with Gasteiger partial charge in [0.1, 0.15) is 23.1 Å². The lowest BCUT2D eigenvalue weighted by Gasteiger charge is -2.33. The molecule has 1 N–H and O–H groups in total. The Morgan fingerprint density at radius 1 is 1.29 bits per heavy atom. The van der Waals surface area contributed by atoms with Crippen LogP contribution < -0.4 is 5.32 Å². The van der Waals surface area contributed by atoms with Gasteiger partial charge in [0.25, 0.3) is 6.43 Å². The van der Waals surface area contributed by atoms with Gasteiger partial charge in [0, 0.05) is 25.5 Å². The summed E-state index contributed by atoms with van der Waals surface area (Å²) in [5.41, 5.74) is -2.19. The normalized spacial score (nSPS) is 20.9. The summed E-state index contributed by atoms with van der Waals surface area (Å²) < 4.78 is 105. The molecule has 0 spiro atoms. The predicted octanol–water partition coefficient (Wildman–Crippen LogP) is 2.41. The van der Waals surface area contributed by atoms with Crippen LogP contribution in [0.4, 0.5) is 32.3 Å². The quantitative estimate of drug-likeness (QED) is 0.650. The number of halogens is 6. The van der Waals surface area contributed by atoms with Crippen molar-refractivity contribution in [2.75, 3.05) is 24.7 Å². The molecule has 1 fully saturated rings. The van der Waals surface area contributed by atoms with Crippen LogP contribution in [0.5, 0.6) is 0 Å². The van der Waals surface area contributed by atoms with Gasteiger partial charge in [0.15, 0.2) is 0 Å². The summed E-state index contributed by atoms with van der Waals surface area (Å²) in [6, 6.07) is -0.932. The maximum absolute atomic E-state index is 14.4. The molecule has 3 heterocycles. The largest absolute Gasteiger partial charge is 0.420 e. The Morgan fingerprint density at radius 2 is 2.00 bits per heavy atom. The van der Waals surface area contributed by atoms with Crippen LogP contribution in [-0.2, 0) is 22.7 Å². The van der Waals surface area contributed by atoms with E-state index < -0.39 is 59.2 Å². The van der Waals surface area contributed by atoms with E-state index in [4.69, 9.17) is 0 Å². The molecule has 8 nitrogen and oxygen atoms in total. The van der Waals surface area contributed by atoms with E-state index in [0.717, 1.165) is 27.7 Å². The Hall–Kier alpha value is -2.42. The number of alkyl halides is 6. The van der Waals surface area contributed by atoms with Crippen LogP contribution in [0, 0.1) is 0 Å². The summed E-state index contributed by atoms with van der Waals surface area (Å²) >= 11 is 0. The van der Waals surface area contributed by atoms with Crippen molar-refractivity contribution in [3.05, 3.63) is 24.3 Å². The van der Waals surface area contributed by atoms with Crippen LogP contribution in [0.1, 0.15) is 12.0 Å². The number of aromatic nitrogens is 4. The fraction of sp³-hybridized carbons (Fsp3) is 0.562. The molecular weight excluding hydrogens is 454 g/mol. The minimum Gasteiger partial charge on any atom is -0.348 e. The van der Waals surface area contributed by atoms with Crippen molar-refractivity contribution < 1.29 is 34.8 Å². The second-order valence-electron chi connectivity index (χ2n) is 6.98. The molecular formula is C16H18F6N6O2S. The third-order valence-electron chi connectivity index (χ3n) is 4.61. The van der Waals surface area contributed by atoms with E-state index >= 15 is 0 Å². The summed E-state index contributed by atoms with van der Waals surface area (Å²) in [6.07, 6.45) is -5.79. The highest BCUT2D eigenvalue weighted by atomic mass is 32.2. The zero-order valence-corrected chi connectivity index (χ0v) is 16.8. The van der Waals surface area contributed by atoms with Gasteiger partial charge in [-0.1, -0.05) is 0 Å².